The Kier molecular flexibility index (Phi) is 3.02. The van der Waals surface area contributed by atoms with E-state index in [1.54, 1.807) is 3.28 Å². The van der Waals surface area contributed by atoms with Crippen molar-refractivity contribution in [2.24, 2.45) is 0 Å². The van der Waals surface area contributed by atoms with Gasteiger partial charge >= 0.3 is 135 Å². The Balaban J connectivity index is 1.86. The van der Waals surface area contributed by atoms with Gasteiger partial charge in [0.05, 0.1) is 0 Å². The van der Waals surface area contributed by atoms with E-state index in [0.29, 0.717) is 3.63 Å². The predicted molar refractivity (Wildman–Crippen MR) is 84.0 cm³/mol. The number of alkyl halides is 2. The molecule has 0 aromatic heterocycles. The first-order valence-corrected chi connectivity index (χ1v) is 13.2. The normalized spacial score (nSPS) is 40.9. The third-order valence-electron chi connectivity index (χ3n) is 5.19. The molecule has 1 saturated heterocycles. The number of fused-ring (bicyclic) bond motifs is 1. The molecule has 3 heteroatoms. The van der Waals surface area contributed by atoms with Crippen LogP contribution in [0.4, 0.5) is 0 Å². The van der Waals surface area contributed by atoms with Gasteiger partial charge in [-0.3, -0.25) is 0 Å². The van der Waals surface area contributed by atoms with Crippen molar-refractivity contribution in [3.05, 3.63) is 63.0 Å². The van der Waals surface area contributed by atoms with Crippen molar-refractivity contribution in [1.29, 1.82) is 0 Å². The predicted octanol–water partition coefficient (Wildman–Crippen LogP) is 5.29. The molecule has 0 amide bonds. The van der Waals surface area contributed by atoms with Crippen molar-refractivity contribution >= 4 is 29.3 Å². The van der Waals surface area contributed by atoms with E-state index in [1.807, 2.05) is 0 Å². The third-order valence-corrected chi connectivity index (χ3v) is 25.2. The summed E-state index contributed by atoms with van der Waals surface area (Å²) in [6, 6.07) is 8.70. The molecule has 1 aliphatic heterocycles. The first-order chi connectivity index (χ1) is 9.60. The van der Waals surface area contributed by atoms with Gasteiger partial charge in [0, 0.05) is 0 Å². The van der Waals surface area contributed by atoms with Gasteiger partial charge in [-0.2, -0.15) is 0 Å². The molecule has 4 atom stereocenters. The molecule has 3 aliphatic rings. The zero-order chi connectivity index (χ0) is 14.0. The maximum atomic E-state index is 6.90. The van der Waals surface area contributed by atoms with E-state index in [1.165, 1.54) is 11.1 Å². The van der Waals surface area contributed by atoms with Gasteiger partial charge in [0.1, 0.15) is 0 Å². The second-order valence-corrected chi connectivity index (χ2v) is 20.3. The van der Waals surface area contributed by atoms with Crippen molar-refractivity contribution in [1.82, 2.24) is 0 Å². The van der Waals surface area contributed by atoms with Crippen molar-refractivity contribution < 1.29 is 20.3 Å². The van der Waals surface area contributed by atoms with Gasteiger partial charge in [-0.1, -0.05) is 0 Å². The van der Waals surface area contributed by atoms with E-state index in [0.717, 1.165) is 6.42 Å². The number of allylic oxidation sites excluding steroid dienone is 5. The molecular weight excluding hydrogens is 366 g/mol. The number of benzene rings is 1. The Hall–Kier alpha value is -0.0969. The first-order valence-electron chi connectivity index (χ1n) is 7.06. The summed E-state index contributed by atoms with van der Waals surface area (Å²) in [6.45, 7) is 2.18. The van der Waals surface area contributed by atoms with E-state index in [-0.39, 0.29) is 5.67 Å². The summed E-state index contributed by atoms with van der Waals surface area (Å²) in [5, 5.41) is 0. The Morgan fingerprint density at radius 2 is 2.05 bits per heavy atom. The zero-order valence-electron chi connectivity index (χ0n) is 11.3. The van der Waals surface area contributed by atoms with E-state index in [2.05, 4.69) is 61.6 Å². The van der Waals surface area contributed by atoms with Crippen LogP contribution in [0.25, 0.3) is 6.08 Å². The molecule has 0 nitrogen and oxygen atoms in total. The molecule has 1 aromatic carbocycles. The van der Waals surface area contributed by atoms with Gasteiger partial charge < -0.3 is 0 Å². The number of rotatable bonds is 2. The second kappa shape index (κ2) is 4.45. The summed E-state index contributed by atoms with van der Waals surface area (Å²) in [7, 11) is 0. The Morgan fingerprint density at radius 3 is 2.70 bits per heavy atom. The average Bonchev–Trinajstić information content (AvgIpc) is 2.97. The molecule has 1 aromatic rings. The maximum absolute atomic E-state index is 6.90. The van der Waals surface area contributed by atoms with Gasteiger partial charge in [-0.25, -0.2) is 0 Å². The number of halogens is 2. The van der Waals surface area contributed by atoms with Crippen LogP contribution in [0.1, 0.15) is 28.1 Å². The van der Waals surface area contributed by atoms with Crippen molar-refractivity contribution in [2.75, 3.05) is 0 Å². The fraction of sp³-hybridized carbons (Fsp3) is 0.294. The van der Waals surface area contributed by atoms with E-state index < -0.39 is 20.3 Å². The molecule has 0 radical (unpaired) electrons. The molecule has 1 fully saturated rings. The van der Waals surface area contributed by atoms with E-state index in [4.69, 9.17) is 23.2 Å². The minimum absolute atomic E-state index is 0.166. The van der Waals surface area contributed by atoms with Crippen LogP contribution < -0.4 is 0 Å². The van der Waals surface area contributed by atoms with Crippen LogP contribution in [0.3, 0.4) is 0 Å². The summed E-state index contributed by atoms with van der Waals surface area (Å²) in [5.41, 5.74) is 2.80. The van der Waals surface area contributed by atoms with Gasteiger partial charge in [0.15, 0.2) is 0 Å². The van der Waals surface area contributed by atoms with E-state index >= 15 is 0 Å². The van der Waals surface area contributed by atoms with Crippen LogP contribution >= 0.6 is 23.2 Å². The van der Waals surface area contributed by atoms with Crippen LogP contribution in [-0.2, 0) is 20.3 Å². The molecule has 0 spiro atoms. The molecular formula is C17H16Cl2Zr. The van der Waals surface area contributed by atoms with Gasteiger partial charge in [0.2, 0.25) is 0 Å². The van der Waals surface area contributed by atoms with Crippen molar-refractivity contribution in [2.45, 2.75) is 22.6 Å². The zero-order valence-corrected chi connectivity index (χ0v) is 15.3. The fourth-order valence-corrected chi connectivity index (χ4v) is 26.3. The molecule has 102 valence electrons. The summed E-state index contributed by atoms with van der Waals surface area (Å²) in [6.07, 6.45) is 12.4. The Labute approximate surface area is 134 Å². The van der Waals surface area contributed by atoms with Crippen LogP contribution in [0, 0.1) is 0 Å². The van der Waals surface area contributed by atoms with Crippen molar-refractivity contribution in [3.8, 4) is 0 Å². The molecule has 2 aliphatic carbocycles. The summed E-state index contributed by atoms with van der Waals surface area (Å²) in [4.78, 5) is 0. The molecule has 4 unspecified atom stereocenters. The topological polar surface area (TPSA) is 0 Å². The third kappa shape index (κ3) is 1.53. The average molecular weight is 382 g/mol. The molecule has 1 heterocycles. The molecule has 4 rings (SSSR count). The summed E-state index contributed by atoms with van der Waals surface area (Å²) >= 11 is 10.8. The van der Waals surface area contributed by atoms with Crippen LogP contribution in [0.15, 0.2) is 51.9 Å². The van der Waals surface area contributed by atoms with Crippen LogP contribution in [0.2, 0.25) is 0 Å². The number of hydrogen-bond donors (Lipinski definition) is 0. The first kappa shape index (κ1) is 13.6. The fourth-order valence-electron chi connectivity index (χ4n) is 4.10. The van der Waals surface area contributed by atoms with Gasteiger partial charge in [-0.05, 0) is 0 Å². The Morgan fingerprint density at radius 1 is 1.30 bits per heavy atom. The quantitative estimate of drug-likeness (QED) is 0.610. The van der Waals surface area contributed by atoms with Crippen LogP contribution in [0.5, 0.6) is 0 Å². The molecule has 0 bridgehead atoms. The SMILES string of the molecule is C[C]1(Cl)[CH](Cl)[Zr]1([C]1=CC=CC1)[CH]1C=Cc2ccccc21. The molecule has 0 saturated carbocycles. The van der Waals surface area contributed by atoms with Crippen molar-refractivity contribution in [3.63, 3.8) is 0 Å². The van der Waals surface area contributed by atoms with E-state index in [9.17, 15) is 0 Å². The van der Waals surface area contributed by atoms with Gasteiger partial charge in [0.25, 0.3) is 0 Å². The molecule has 20 heavy (non-hydrogen) atoms. The molecule has 0 N–H and O–H groups in total. The second-order valence-electron chi connectivity index (χ2n) is 6.10. The standard InChI is InChI=1S/C9H7.C5H5.C3H4Cl2.Zr/c1-2-5-9-7-3-6-8(9)4-1;1-2-4-5-3-1;1-3(5)2-4;/h1-7H;1-3H,4H2;2H,1H3;. The summed E-state index contributed by atoms with van der Waals surface area (Å²) < 4.78 is 2.10. The van der Waals surface area contributed by atoms with Crippen LogP contribution in [-0.4, -0.2) is 5.67 Å². The van der Waals surface area contributed by atoms with Gasteiger partial charge in [-0.15, -0.1) is 0 Å². The minimum atomic E-state index is -2.84. The Bertz CT molecular complexity index is 671. The number of hydrogen-bond acceptors (Lipinski definition) is 0. The summed E-state index contributed by atoms with van der Waals surface area (Å²) in [5.74, 6) is 0. The monoisotopic (exact) mass is 380 g/mol.